The smallest absolute Gasteiger partial charge is 0.253 e. The molecule has 0 spiro atoms. The van der Waals surface area contributed by atoms with E-state index >= 15 is 0 Å². The number of amides is 1. The molecule has 2 aromatic heterocycles. The van der Waals surface area contributed by atoms with Crippen molar-refractivity contribution in [2.24, 2.45) is 5.92 Å². The molecule has 4 N–H and O–H groups in total. The van der Waals surface area contributed by atoms with Gasteiger partial charge in [0, 0.05) is 30.9 Å². The molecule has 160 valence electrons. The minimum atomic E-state index is -0.104. The largest absolute Gasteiger partial charge is 0.421 e. The monoisotopic (exact) mass is 421 g/mol. The molecule has 1 amide bonds. The molecule has 1 unspecified atom stereocenters. The molecule has 1 fully saturated rings. The summed E-state index contributed by atoms with van der Waals surface area (Å²) in [6.07, 6.45) is 4.55. The summed E-state index contributed by atoms with van der Waals surface area (Å²) in [7, 11) is 0. The van der Waals surface area contributed by atoms with E-state index in [2.05, 4.69) is 36.1 Å². The molecule has 1 aliphatic carbocycles. The Hall–Kier alpha value is -3.53. The van der Waals surface area contributed by atoms with Gasteiger partial charge in [-0.2, -0.15) is 4.98 Å². The van der Waals surface area contributed by atoms with E-state index in [1.165, 1.54) is 0 Å². The lowest BCUT2D eigenvalue weighted by molar-refractivity contribution is 0.0946. The fraction of sp³-hybridized carbons (Fsp3) is 0.381. The highest BCUT2D eigenvalue weighted by Crippen LogP contribution is 2.35. The number of aryl methyl sites for hydroxylation is 1. The molecule has 3 aromatic rings. The highest BCUT2D eigenvalue weighted by Gasteiger charge is 2.32. The average Bonchev–Trinajstić information content (AvgIpc) is 3.52. The number of hydrogen-bond acceptors (Lipinski definition) is 9. The van der Waals surface area contributed by atoms with Crippen molar-refractivity contribution in [3.8, 4) is 11.5 Å². The molecular formula is C21H23N7O3. The predicted octanol–water partition coefficient (Wildman–Crippen LogP) is 2.05. The molecule has 1 aliphatic heterocycles. The number of carbonyl (C=O) groups is 1. The highest BCUT2D eigenvalue weighted by atomic mass is 16.4. The molecule has 3 heterocycles. The van der Waals surface area contributed by atoms with Crippen molar-refractivity contribution in [2.45, 2.75) is 32.2 Å². The second-order valence-corrected chi connectivity index (χ2v) is 7.86. The van der Waals surface area contributed by atoms with Crippen molar-refractivity contribution in [3.63, 3.8) is 0 Å². The molecule has 2 aliphatic rings. The van der Waals surface area contributed by atoms with E-state index in [9.17, 15) is 9.90 Å². The zero-order chi connectivity index (χ0) is 21.4. The van der Waals surface area contributed by atoms with Gasteiger partial charge in [0.15, 0.2) is 0 Å². The summed E-state index contributed by atoms with van der Waals surface area (Å²) in [6.45, 7) is 2.35. The van der Waals surface area contributed by atoms with Crippen LogP contribution in [0.5, 0.6) is 0 Å². The quantitative estimate of drug-likeness (QED) is 0.451. The second kappa shape index (κ2) is 7.95. The third kappa shape index (κ3) is 4.06. The van der Waals surface area contributed by atoms with Crippen molar-refractivity contribution >= 4 is 23.4 Å². The normalized spacial score (nSPS) is 16.4. The summed E-state index contributed by atoms with van der Waals surface area (Å²) in [4.78, 5) is 21.0. The summed E-state index contributed by atoms with van der Waals surface area (Å²) < 4.78 is 5.57. The number of nitrogens with zero attached hydrogens (tertiary/aromatic N) is 4. The van der Waals surface area contributed by atoms with Crippen LogP contribution in [0.4, 0.5) is 17.5 Å². The number of benzene rings is 1. The lowest BCUT2D eigenvalue weighted by atomic mass is 10.00. The van der Waals surface area contributed by atoms with Gasteiger partial charge in [-0.3, -0.25) is 4.79 Å². The predicted molar refractivity (Wildman–Crippen MR) is 113 cm³/mol. The summed E-state index contributed by atoms with van der Waals surface area (Å²) in [5.41, 5.74) is 3.05. The number of carbonyl (C=O) groups excluding carboxylic acids is 1. The SMILES string of the molecule is Cc1nnc(-c2cnc(Nc3ccc4c(c3)CCNC4=O)nc2NC(CO)C2CC2)o1. The van der Waals surface area contributed by atoms with E-state index in [1.807, 2.05) is 12.1 Å². The van der Waals surface area contributed by atoms with Crippen LogP contribution in [0.3, 0.4) is 0 Å². The number of aromatic nitrogens is 4. The second-order valence-electron chi connectivity index (χ2n) is 7.86. The fourth-order valence-electron chi connectivity index (χ4n) is 3.74. The maximum absolute atomic E-state index is 12.0. The Kier molecular flexibility index (Phi) is 4.99. The summed E-state index contributed by atoms with van der Waals surface area (Å²) >= 11 is 0. The number of anilines is 3. The number of nitrogens with one attached hydrogen (secondary N) is 3. The van der Waals surface area contributed by atoms with Crippen LogP contribution in [0.15, 0.2) is 28.8 Å². The van der Waals surface area contributed by atoms with Gasteiger partial charge in [0.1, 0.15) is 5.82 Å². The molecule has 0 bridgehead atoms. The van der Waals surface area contributed by atoms with Gasteiger partial charge in [-0.15, -0.1) is 10.2 Å². The Morgan fingerprint density at radius 3 is 2.90 bits per heavy atom. The zero-order valence-corrected chi connectivity index (χ0v) is 17.1. The Morgan fingerprint density at radius 1 is 1.29 bits per heavy atom. The third-order valence-electron chi connectivity index (χ3n) is 5.54. The molecule has 0 saturated heterocycles. The van der Waals surface area contributed by atoms with Crippen LogP contribution in [0.25, 0.3) is 11.5 Å². The van der Waals surface area contributed by atoms with Gasteiger partial charge in [0.05, 0.1) is 18.2 Å². The standard InChI is InChI=1S/C21H23N7O3/c1-11-27-28-20(31-11)16-9-23-21(26-18(16)25-17(10-29)12-2-3-12)24-14-4-5-15-13(8-14)6-7-22-19(15)30/h4-5,8-9,12,17,29H,2-3,6-7,10H2,1H3,(H,22,30)(H2,23,24,25,26). The lowest BCUT2D eigenvalue weighted by Gasteiger charge is -2.19. The molecule has 1 saturated carbocycles. The van der Waals surface area contributed by atoms with Crippen molar-refractivity contribution in [3.05, 3.63) is 41.4 Å². The summed E-state index contributed by atoms with van der Waals surface area (Å²) in [5, 5.41) is 27.1. The van der Waals surface area contributed by atoms with E-state index in [0.29, 0.717) is 47.1 Å². The molecule has 31 heavy (non-hydrogen) atoms. The van der Waals surface area contributed by atoms with Gasteiger partial charge < -0.3 is 25.5 Å². The van der Waals surface area contributed by atoms with E-state index < -0.39 is 0 Å². The number of aliphatic hydroxyl groups is 1. The van der Waals surface area contributed by atoms with E-state index in [4.69, 9.17) is 4.42 Å². The Bertz CT molecular complexity index is 1130. The van der Waals surface area contributed by atoms with E-state index in [1.54, 1.807) is 19.2 Å². The first-order chi connectivity index (χ1) is 15.1. The summed E-state index contributed by atoms with van der Waals surface area (Å²) in [5.74, 6) is 2.03. The maximum Gasteiger partial charge on any atom is 0.253 e. The number of rotatable bonds is 7. The van der Waals surface area contributed by atoms with Crippen LogP contribution in [-0.4, -0.2) is 50.4 Å². The fourth-order valence-corrected chi connectivity index (χ4v) is 3.74. The van der Waals surface area contributed by atoms with Gasteiger partial charge in [-0.05, 0) is 48.9 Å². The first kappa shape index (κ1) is 19.4. The van der Waals surface area contributed by atoms with Gasteiger partial charge in [-0.25, -0.2) is 4.98 Å². The van der Waals surface area contributed by atoms with Crippen molar-refractivity contribution < 1.29 is 14.3 Å². The van der Waals surface area contributed by atoms with Crippen LogP contribution in [0.1, 0.15) is 34.7 Å². The maximum atomic E-state index is 12.0. The van der Waals surface area contributed by atoms with Gasteiger partial charge >= 0.3 is 0 Å². The third-order valence-corrected chi connectivity index (χ3v) is 5.54. The first-order valence-corrected chi connectivity index (χ1v) is 10.3. The zero-order valence-electron chi connectivity index (χ0n) is 17.1. The van der Waals surface area contributed by atoms with Crippen molar-refractivity contribution in [1.82, 2.24) is 25.5 Å². The van der Waals surface area contributed by atoms with Gasteiger partial charge in [-0.1, -0.05) is 0 Å². The molecular weight excluding hydrogens is 398 g/mol. The number of aliphatic hydroxyl groups excluding tert-OH is 1. The Balaban J connectivity index is 1.45. The average molecular weight is 421 g/mol. The highest BCUT2D eigenvalue weighted by molar-refractivity contribution is 5.97. The molecule has 10 heteroatoms. The van der Waals surface area contributed by atoms with Crippen LogP contribution in [-0.2, 0) is 6.42 Å². The van der Waals surface area contributed by atoms with Gasteiger partial charge in [0.2, 0.25) is 11.8 Å². The summed E-state index contributed by atoms with van der Waals surface area (Å²) in [6, 6.07) is 5.47. The lowest BCUT2D eigenvalue weighted by Crippen LogP contribution is -2.31. The van der Waals surface area contributed by atoms with Crippen LogP contribution in [0, 0.1) is 12.8 Å². The molecule has 10 nitrogen and oxygen atoms in total. The van der Waals surface area contributed by atoms with Gasteiger partial charge in [0.25, 0.3) is 11.8 Å². The van der Waals surface area contributed by atoms with Crippen LogP contribution >= 0.6 is 0 Å². The minimum absolute atomic E-state index is 0.00657. The van der Waals surface area contributed by atoms with Crippen LogP contribution < -0.4 is 16.0 Å². The minimum Gasteiger partial charge on any atom is -0.421 e. The molecule has 1 aromatic carbocycles. The van der Waals surface area contributed by atoms with Crippen LogP contribution in [0.2, 0.25) is 0 Å². The van der Waals surface area contributed by atoms with E-state index in [0.717, 1.165) is 30.5 Å². The molecule has 0 radical (unpaired) electrons. The van der Waals surface area contributed by atoms with Crippen molar-refractivity contribution in [1.29, 1.82) is 0 Å². The topological polar surface area (TPSA) is 138 Å². The Morgan fingerprint density at radius 2 is 2.16 bits per heavy atom. The number of hydrogen-bond donors (Lipinski definition) is 4. The van der Waals surface area contributed by atoms with E-state index in [-0.39, 0.29) is 18.6 Å². The first-order valence-electron chi connectivity index (χ1n) is 10.3. The Labute approximate surface area is 178 Å². The van der Waals surface area contributed by atoms with Crippen molar-refractivity contribution in [2.75, 3.05) is 23.8 Å². The molecule has 5 rings (SSSR count). The number of fused-ring (bicyclic) bond motifs is 1. The molecule has 1 atom stereocenters.